The Morgan fingerprint density at radius 2 is 2.05 bits per heavy atom. The predicted molar refractivity (Wildman–Crippen MR) is 73.7 cm³/mol. The smallest absolute Gasteiger partial charge is 0.231 e. The highest BCUT2D eigenvalue weighted by Gasteiger charge is 2.19. The molecule has 0 atom stereocenters. The van der Waals surface area contributed by atoms with Crippen LogP contribution >= 0.6 is 0 Å². The Kier molecular flexibility index (Phi) is 4.03. The number of nitriles is 1. The molecule has 1 aromatic rings. The fraction of sp³-hybridized carbons (Fsp3) is 0.429. The van der Waals surface area contributed by atoms with Gasteiger partial charge in [-0.05, 0) is 24.6 Å². The number of hydrogen-bond donors (Lipinski definition) is 1. The summed E-state index contributed by atoms with van der Waals surface area (Å²) in [6, 6.07) is 7.91. The molecular formula is C14H18N4O. The number of rotatable bonds is 3. The first-order chi connectivity index (χ1) is 9.10. The van der Waals surface area contributed by atoms with Crippen LogP contribution in [0.2, 0.25) is 0 Å². The zero-order chi connectivity index (χ0) is 13.8. The summed E-state index contributed by atoms with van der Waals surface area (Å²) in [6.45, 7) is 5.71. The second-order valence-corrected chi connectivity index (χ2v) is 4.84. The Bertz CT molecular complexity index is 513. The van der Waals surface area contributed by atoms with Gasteiger partial charge in [0.2, 0.25) is 5.91 Å². The van der Waals surface area contributed by atoms with E-state index in [9.17, 15) is 4.79 Å². The van der Waals surface area contributed by atoms with E-state index in [4.69, 9.17) is 11.0 Å². The highest BCUT2D eigenvalue weighted by Crippen LogP contribution is 2.22. The summed E-state index contributed by atoms with van der Waals surface area (Å²) in [6.07, 6.45) is 0. The maximum Gasteiger partial charge on any atom is 0.231 e. The summed E-state index contributed by atoms with van der Waals surface area (Å²) in [5, 5.41) is 8.96. The van der Waals surface area contributed by atoms with E-state index in [0.29, 0.717) is 12.1 Å². The number of nitrogens with zero attached hydrogens (tertiary/aromatic N) is 3. The van der Waals surface area contributed by atoms with E-state index in [0.717, 1.165) is 31.9 Å². The van der Waals surface area contributed by atoms with Crippen molar-refractivity contribution >= 4 is 11.6 Å². The summed E-state index contributed by atoms with van der Waals surface area (Å²) in [5.74, 6) is -0.281. The van der Waals surface area contributed by atoms with Gasteiger partial charge in [-0.15, -0.1) is 0 Å². The summed E-state index contributed by atoms with van der Waals surface area (Å²) >= 11 is 0. The summed E-state index contributed by atoms with van der Waals surface area (Å²) in [4.78, 5) is 15.2. The quantitative estimate of drug-likeness (QED) is 0.855. The van der Waals surface area contributed by atoms with E-state index in [1.807, 2.05) is 25.1 Å². The van der Waals surface area contributed by atoms with Gasteiger partial charge in [-0.2, -0.15) is 5.26 Å². The lowest BCUT2D eigenvalue weighted by molar-refractivity contribution is -0.119. The minimum absolute atomic E-state index is 0.281. The van der Waals surface area contributed by atoms with Gasteiger partial charge in [0.25, 0.3) is 0 Å². The molecule has 0 unspecified atom stereocenters. The van der Waals surface area contributed by atoms with Crippen LogP contribution in [-0.2, 0) is 4.79 Å². The second kappa shape index (κ2) is 5.72. The molecule has 0 spiro atoms. The van der Waals surface area contributed by atoms with E-state index in [-0.39, 0.29) is 5.91 Å². The number of aryl methyl sites for hydroxylation is 1. The Labute approximate surface area is 113 Å². The van der Waals surface area contributed by atoms with Gasteiger partial charge in [-0.25, -0.2) is 0 Å². The van der Waals surface area contributed by atoms with Crippen molar-refractivity contribution in [1.82, 2.24) is 4.90 Å². The van der Waals surface area contributed by atoms with Crippen LogP contribution in [0.1, 0.15) is 11.1 Å². The van der Waals surface area contributed by atoms with Crippen molar-refractivity contribution < 1.29 is 4.79 Å². The first-order valence-corrected chi connectivity index (χ1v) is 6.36. The normalized spacial score (nSPS) is 16.1. The largest absolute Gasteiger partial charge is 0.369 e. The zero-order valence-electron chi connectivity index (χ0n) is 11.1. The molecule has 1 aliphatic rings. The van der Waals surface area contributed by atoms with Crippen LogP contribution in [0.3, 0.4) is 0 Å². The molecule has 0 bridgehead atoms. The molecule has 0 saturated carbocycles. The van der Waals surface area contributed by atoms with Crippen molar-refractivity contribution in [2.75, 3.05) is 37.6 Å². The predicted octanol–water partition coefficient (Wildman–Crippen LogP) is 0.474. The highest BCUT2D eigenvalue weighted by atomic mass is 16.1. The molecule has 2 N–H and O–H groups in total. The molecule has 2 rings (SSSR count). The molecule has 1 aliphatic heterocycles. The van der Waals surface area contributed by atoms with Crippen molar-refractivity contribution in [3.05, 3.63) is 29.3 Å². The molecular weight excluding hydrogens is 240 g/mol. The first kappa shape index (κ1) is 13.4. The van der Waals surface area contributed by atoms with Crippen LogP contribution in [0.4, 0.5) is 5.69 Å². The SMILES string of the molecule is Cc1ccc(C#N)cc1N1CCN(CC(N)=O)CC1. The van der Waals surface area contributed by atoms with Crippen LogP contribution in [-0.4, -0.2) is 43.5 Å². The summed E-state index contributed by atoms with van der Waals surface area (Å²) in [7, 11) is 0. The van der Waals surface area contributed by atoms with Gasteiger partial charge in [-0.3, -0.25) is 9.69 Å². The number of primary amides is 1. The van der Waals surface area contributed by atoms with Crippen molar-refractivity contribution in [2.24, 2.45) is 5.73 Å². The molecule has 5 nitrogen and oxygen atoms in total. The fourth-order valence-electron chi connectivity index (χ4n) is 2.39. The number of carbonyl (C=O) groups is 1. The second-order valence-electron chi connectivity index (χ2n) is 4.84. The third-order valence-corrected chi connectivity index (χ3v) is 3.43. The number of nitrogens with two attached hydrogens (primary N) is 1. The third kappa shape index (κ3) is 3.24. The lowest BCUT2D eigenvalue weighted by atomic mass is 10.1. The van der Waals surface area contributed by atoms with E-state index < -0.39 is 0 Å². The Hall–Kier alpha value is -2.06. The molecule has 5 heteroatoms. The molecule has 1 amide bonds. The monoisotopic (exact) mass is 258 g/mol. The standard InChI is InChI=1S/C14H18N4O/c1-11-2-3-12(9-15)8-13(11)18-6-4-17(5-7-18)10-14(16)19/h2-3,8H,4-7,10H2,1H3,(H2,16,19). The number of hydrogen-bond acceptors (Lipinski definition) is 4. The minimum Gasteiger partial charge on any atom is -0.369 e. The molecule has 19 heavy (non-hydrogen) atoms. The zero-order valence-corrected chi connectivity index (χ0v) is 11.1. The Morgan fingerprint density at radius 3 is 2.63 bits per heavy atom. The van der Waals surface area contributed by atoms with Crippen LogP contribution in [0.15, 0.2) is 18.2 Å². The van der Waals surface area contributed by atoms with E-state index in [1.165, 1.54) is 5.56 Å². The molecule has 100 valence electrons. The van der Waals surface area contributed by atoms with Crippen LogP contribution in [0.5, 0.6) is 0 Å². The van der Waals surface area contributed by atoms with Gasteiger partial charge in [-0.1, -0.05) is 6.07 Å². The number of anilines is 1. The van der Waals surface area contributed by atoms with E-state index in [2.05, 4.69) is 15.9 Å². The molecule has 1 saturated heterocycles. The molecule has 1 aromatic carbocycles. The van der Waals surface area contributed by atoms with Crippen molar-refractivity contribution in [3.63, 3.8) is 0 Å². The molecule has 1 heterocycles. The van der Waals surface area contributed by atoms with Gasteiger partial charge in [0, 0.05) is 31.9 Å². The molecule has 0 aliphatic carbocycles. The third-order valence-electron chi connectivity index (χ3n) is 3.43. The topological polar surface area (TPSA) is 73.4 Å². The summed E-state index contributed by atoms with van der Waals surface area (Å²) < 4.78 is 0. The van der Waals surface area contributed by atoms with Crippen molar-refractivity contribution in [1.29, 1.82) is 5.26 Å². The van der Waals surface area contributed by atoms with Crippen LogP contribution in [0, 0.1) is 18.3 Å². The Morgan fingerprint density at radius 1 is 1.37 bits per heavy atom. The molecule has 0 radical (unpaired) electrons. The van der Waals surface area contributed by atoms with Crippen molar-refractivity contribution in [3.8, 4) is 6.07 Å². The van der Waals surface area contributed by atoms with E-state index in [1.54, 1.807) is 0 Å². The first-order valence-electron chi connectivity index (χ1n) is 6.36. The van der Waals surface area contributed by atoms with Gasteiger partial charge in [0.1, 0.15) is 0 Å². The summed E-state index contributed by atoms with van der Waals surface area (Å²) in [5.41, 5.74) is 8.16. The van der Waals surface area contributed by atoms with Gasteiger partial charge >= 0.3 is 0 Å². The van der Waals surface area contributed by atoms with Gasteiger partial charge in [0.05, 0.1) is 18.2 Å². The molecule has 1 fully saturated rings. The number of carbonyl (C=O) groups excluding carboxylic acids is 1. The lowest BCUT2D eigenvalue weighted by Gasteiger charge is -2.36. The molecule has 0 aromatic heterocycles. The fourth-order valence-corrected chi connectivity index (χ4v) is 2.39. The Balaban J connectivity index is 2.05. The number of amides is 1. The minimum atomic E-state index is -0.281. The van der Waals surface area contributed by atoms with E-state index >= 15 is 0 Å². The van der Waals surface area contributed by atoms with Gasteiger partial charge in [0.15, 0.2) is 0 Å². The van der Waals surface area contributed by atoms with Gasteiger partial charge < -0.3 is 10.6 Å². The number of benzene rings is 1. The maximum absolute atomic E-state index is 10.9. The lowest BCUT2D eigenvalue weighted by Crippen LogP contribution is -2.49. The van der Waals surface area contributed by atoms with Crippen LogP contribution < -0.4 is 10.6 Å². The maximum atomic E-state index is 10.9. The average molecular weight is 258 g/mol. The highest BCUT2D eigenvalue weighted by molar-refractivity contribution is 5.76. The average Bonchev–Trinajstić information content (AvgIpc) is 2.40. The van der Waals surface area contributed by atoms with Crippen molar-refractivity contribution in [2.45, 2.75) is 6.92 Å². The van der Waals surface area contributed by atoms with Crippen LogP contribution in [0.25, 0.3) is 0 Å². The number of piperazine rings is 1.